The molecule has 0 aromatic heterocycles. The zero-order chi connectivity index (χ0) is 10.1. The summed E-state index contributed by atoms with van der Waals surface area (Å²) in [5.74, 6) is 0.164. The van der Waals surface area contributed by atoms with Crippen LogP contribution in [0.3, 0.4) is 0 Å². The van der Waals surface area contributed by atoms with E-state index in [4.69, 9.17) is 4.74 Å². The molecule has 0 spiro atoms. The lowest BCUT2D eigenvalue weighted by molar-refractivity contribution is -0.127. The summed E-state index contributed by atoms with van der Waals surface area (Å²) in [5, 5.41) is 2.52. The van der Waals surface area contributed by atoms with Crippen LogP contribution in [0.15, 0.2) is 0 Å². The van der Waals surface area contributed by atoms with Crippen LogP contribution >= 0.6 is 0 Å². The summed E-state index contributed by atoms with van der Waals surface area (Å²) in [6.45, 7) is 3.43. The summed E-state index contributed by atoms with van der Waals surface area (Å²) in [7, 11) is 0. The molecule has 2 rings (SSSR count). The van der Waals surface area contributed by atoms with Gasteiger partial charge in [-0.25, -0.2) is 4.79 Å². The lowest BCUT2D eigenvalue weighted by Crippen LogP contribution is -2.43. The highest BCUT2D eigenvalue weighted by Crippen LogP contribution is 2.22. The highest BCUT2D eigenvalue weighted by molar-refractivity contribution is 6.02. The Morgan fingerprint density at radius 1 is 1.57 bits per heavy atom. The number of carbonyl (C=O) groups excluding carboxylic acids is 2. The predicted octanol–water partition coefficient (Wildman–Crippen LogP) is -0.0368. The second kappa shape index (κ2) is 3.57. The van der Waals surface area contributed by atoms with Crippen molar-refractivity contribution in [1.82, 2.24) is 10.2 Å². The van der Waals surface area contributed by atoms with Gasteiger partial charge in [0, 0.05) is 18.6 Å². The van der Waals surface area contributed by atoms with Gasteiger partial charge in [0.25, 0.3) is 0 Å². The number of hydrogen-bond donors (Lipinski definition) is 1. The van der Waals surface area contributed by atoms with Crippen molar-refractivity contribution in [2.75, 3.05) is 19.8 Å². The fourth-order valence-corrected chi connectivity index (χ4v) is 1.99. The maximum absolute atomic E-state index is 11.4. The van der Waals surface area contributed by atoms with E-state index in [1.165, 1.54) is 4.90 Å². The number of nitrogens with zero attached hydrogens (tertiary/aromatic N) is 1. The molecule has 2 heterocycles. The van der Waals surface area contributed by atoms with E-state index in [1.54, 1.807) is 0 Å². The first-order valence-electron chi connectivity index (χ1n) is 4.88. The lowest BCUT2D eigenvalue weighted by atomic mass is 9.99. The van der Waals surface area contributed by atoms with Gasteiger partial charge in [0.2, 0.25) is 5.91 Å². The third-order valence-corrected chi connectivity index (χ3v) is 2.93. The largest absolute Gasteiger partial charge is 0.381 e. The van der Waals surface area contributed by atoms with Crippen LogP contribution in [0.2, 0.25) is 0 Å². The molecule has 0 aliphatic carbocycles. The van der Waals surface area contributed by atoms with Gasteiger partial charge in [0.15, 0.2) is 0 Å². The summed E-state index contributed by atoms with van der Waals surface area (Å²) < 4.78 is 5.24. The van der Waals surface area contributed by atoms with Crippen molar-refractivity contribution in [2.45, 2.75) is 19.4 Å². The van der Waals surface area contributed by atoms with Crippen LogP contribution in [0, 0.1) is 5.92 Å². The number of nitrogens with one attached hydrogen (secondary N) is 1. The molecule has 2 fully saturated rings. The zero-order valence-electron chi connectivity index (χ0n) is 8.16. The molecule has 1 N–H and O–H groups in total. The van der Waals surface area contributed by atoms with Gasteiger partial charge in [-0.2, -0.15) is 0 Å². The van der Waals surface area contributed by atoms with Crippen molar-refractivity contribution in [1.29, 1.82) is 0 Å². The fraction of sp³-hybridized carbons (Fsp3) is 0.778. The van der Waals surface area contributed by atoms with Crippen LogP contribution in [0.4, 0.5) is 4.79 Å². The number of urea groups is 1. The fourth-order valence-electron chi connectivity index (χ4n) is 1.99. The van der Waals surface area contributed by atoms with Crippen molar-refractivity contribution >= 4 is 11.9 Å². The molecule has 5 nitrogen and oxygen atoms in total. The van der Waals surface area contributed by atoms with Gasteiger partial charge in [-0.15, -0.1) is 0 Å². The molecular weight excluding hydrogens is 184 g/mol. The normalized spacial score (nSPS) is 29.5. The number of imide groups is 1. The van der Waals surface area contributed by atoms with E-state index < -0.39 is 0 Å². The van der Waals surface area contributed by atoms with Crippen molar-refractivity contribution in [3.63, 3.8) is 0 Å². The molecule has 0 radical (unpaired) electrons. The van der Waals surface area contributed by atoms with Gasteiger partial charge in [-0.3, -0.25) is 9.69 Å². The maximum Gasteiger partial charge on any atom is 0.324 e. The highest BCUT2D eigenvalue weighted by Gasteiger charge is 2.37. The monoisotopic (exact) mass is 198 g/mol. The average molecular weight is 198 g/mol. The Kier molecular flexibility index (Phi) is 2.41. The SMILES string of the molecule is CC(C1CCOC1)N1C(=O)CNC1=O. The van der Waals surface area contributed by atoms with Crippen molar-refractivity contribution in [3.8, 4) is 0 Å². The number of hydrogen-bond acceptors (Lipinski definition) is 3. The van der Waals surface area contributed by atoms with Crippen LogP contribution in [0.1, 0.15) is 13.3 Å². The third kappa shape index (κ3) is 1.48. The second-order valence-corrected chi connectivity index (χ2v) is 3.79. The zero-order valence-corrected chi connectivity index (χ0v) is 8.16. The van der Waals surface area contributed by atoms with E-state index in [-0.39, 0.29) is 24.5 Å². The number of amides is 3. The van der Waals surface area contributed by atoms with Crippen LogP contribution in [-0.2, 0) is 9.53 Å². The first-order valence-corrected chi connectivity index (χ1v) is 4.88. The smallest absolute Gasteiger partial charge is 0.324 e. The van der Waals surface area contributed by atoms with E-state index in [0.29, 0.717) is 12.5 Å². The van der Waals surface area contributed by atoms with Gasteiger partial charge in [0.05, 0.1) is 13.2 Å². The Balaban J connectivity index is 2.05. The molecule has 2 aliphatic heterocycles. The summed E-state index contributed by atoms with van der Waals surface area (Å²) in [6.07, 6.45) is 0.929. The maximum atomic E-state index is 11.4. The first kappa shape index (κ1) is 9.45. The number of carbonyl (C=O) groups is 2. The van der Waals surface area contributed by atoms with Gasteiger partial charge in [-0.1, -0.05) is 0 Å². The number of rotatable bonds is 2. The quantitative estimate of drug-likeness (QED) is 0.633. The van der Waals surface area contributed by atoms with Gasteiger partial charge >= 0.3 is 6.03 Å². The molecule has 2 unspecified atom stereocenters. The predicted molar refractivity (Wildman–Crippen MR) is 48.6 cm³/mol. The van der Waals surface area contributed by atoms with Crippen LogP contribution in [-0.4, -0.2) is 42.6 Å². The minimum absolute atomic E-state index is 0.0486. The van der Waals surface area contributed by atoms with Gasteiger partial charge in [-0.05, 0) is 13.3 Å². The first-order chi connectivity index (χ1) is 6.70. The summed E-state index contributed by atoms with van der Waals surface area (Å²) in [4.78, 5) is 24.0. The van der Waals surface area contributed by atoms with Crippen molar-refractivity contribution in [3.05, 3.63) is 0 Å². The molecule has 3 amide bonds. The molecule has 78 valence electrons. The molecule has 2 atom stereocenters. The number of ether oxygens (including phenoxy) is 1. The van der Waals surface area contributed by atoms with E-state index in [1.807, 2.05) is 6.92 Å². The van der Waals surface area contributed by atoms with E-state index in [9.17, 15) is 9.59 Å². The Hall–Kier alpha value is -1.10. The van der Waals surface area contributed by atoms with Crippen LogP contribution in [0.5, 0.6) is 0 Å². The van der Waals surface area contributed by atoms with E-state index >= 15 is 0 Å². The topological polar surface area (TPSA) is 58.6 Å². The molecule has 14 heavy (non-hydrogen) atoms. The molecule has 2 saturated heterocycles. The van der Waals surface area contributed by atoms with Gasteiger partial charge < -0.3 is 10.1 Å². The summed E-state index contributed by atoms with van der Waals surface area (Å²) >= 11 is 0. The molecule has 0 aromatic carbocycles. The molecule has 0 saturated carbocycles. The molecular formula is C9H14N2O3. The Morgan fingerprint density at radius 2 is 2.36 bits per heavy atom. The summed E-state index contributed by atoms with van der Waals surface area (Å²) in [5.41, 5.74) is 0. The lowest BCUT2D eigenvalue weighted by Gasteiger charge is -2.25. The minimum Gasteiger partial charge on any atom is -0.381 e. The van der Waals surface area contributed by atoms with Crippen LogP contribution < -0.4 is 5.32 Å². The molecule has 0 aromatic rings. The molecule has 2 aliphatic rings. The average Bonchev–Trinajstić information content (AvgIpc) is 2.75. The second-order valence-electron chi connectivity index (χ2n) is 3.79. The van der Waals surface area contributed by atoms with E-state index in [2.05, 4.69) is 5.32 Å². The van der Waals surface area contributed by atoms with E-state index in [0.717, 1.165) is 13.0 Å². The Bertz CT molecular complexity index is 245. The van der Waals surface area contributed by atoms with Crippen molar-refractivity contribution in [2.24, 2.45) is 5.92 Å². The van der Waals surface area contributed by atoms with Gasteiger partial charge in [0.1, 0.15) is 0 Å². The highest BCUT2D eigenvalue weighted by atomic mass is 16.5. The standard InChI is InChI=1S/C9H14N2O3/c1-6(7-2-3-14-5-7)11-8(12)4-10-9(11)13/h6-7H,2-5H2,1H3,(H,10,13). The summed E-state index contributed by atoms with van der Waals surface area (Å²) in [6, 6.07) is -0.318. The third-order valence-electron chi connectivity index (χ3n) is 2.93. The minimum atomic E-state index is -0.269. The Morgan fingerprint density at radius 3 is 2.86 bits per heavy atom. The van der Waals surface area contributed by atoms with Crippen molar-refractivity contribution < 1.29 is 14.3 Å². The molecule has 0 bridgehead atoms. The Labute approximate surface area is 82.4 Å². The van der Waals surface area contributed by atoms with Crippen LogP contribution in [0.25, 0.3) is 0 Å². The molecule has 5 heteroatoms.